The predicted octanol–water partition coefficient (Wildman–Crippen LogP) is 5.70. The van der Waals surface area contributed by atoms with Crippen molar-refractivity contribution in [2.24, 2.45) is 0 Å². The molecule has 0 aliphatic rings. The fraction of sp³-hybridized carbons (Fsp3) is 0.320. The van der Waals surface area contributed by atoms with Gasteiger partial charge in [-0.15, -0.1) is 11.3 Å². The fourth-order valence-corrected chi connectivity index (χ4v) is 6.08. The first-order valence-corrected chi connectivity index (χ1v) is 13.3. The summed E-state index contributed by atoms with van der Waals surface area (Å²) in [5.41, 5.74) is 0.845. The Balaban J connectivity index is 1.91. The minimum atomic E-state index is -4.69. The predicted molar refractivity (Wildman–Crippen MR) is 130 cm³/mol. The summed E-state index contributed by atoms with van der Waals surface area (Å²) >= 11 is 1.51. The van der Waals surface area contributed by atoms with Gasteiger partial charge < -0.3 is 4.90 Å². The quantitative estimate of drug-likeness (QED) is 0.361. The molecule has 10 heteroatoms. The van der Waals surface area contributed by atoms with Crippen molar-refractivity contribution >= 4 is 27.3 Å². The highest BCUT2D eigenvalue weighted by molar-refractivity contribution is 7.89. The van der Waals surface area contributed by atoms with Gasteiger partial charge in [-0.05, 0) is 61.5 Å². The van der Waals surface area contributed by atoms with Gasteiger partial charge in [0.15, 0.2) is 0 Å². The molecule has 1 heterocycles. The maximum Gasteiger partial charge on any atom is 0.416 e. The number of amides is 1. The average Bonchev–Trinajstić information content (AvgIpc) is 3.21. The minimum Gasteiger partial charge on any atom is -0.332 e. The lowest BCUT2D eigenvalue weighted by Gasteiger charge is -2.29. The van der Waals surface area contributed by atoms with Crippen LogP contribution in [0, 0.1) is 6.92 Å². The lowest BCUT2D eigenvalue weighted by atomic mass is 10.2. The van der Waals surface area contributed by atoms with Crippen molar-refractivity contribution in [2.45, 2.75) is 51.0 Å². The molecule has 0 radical (unpaired) electrons. The number of alkyl halides is 3. The zero-order valence-electron chi connectivity index (χ0n) is 19.6. The van der Waals surface area contributed by atoms with E-state index in [1.54, 1.807) is 18.7 Å². The number of carbonyl (C=O) groups excluding carboxylic acids is 1. The normalized spacial score (nSPS) is 12.3. The number of nitrogens with zero attached hydrogens (tertiary/aromatic N) is 2. The molecule has 1 amide bonds. The van der Waals surface area contributed by atoms with Crippen LogP contribution in [0.15, 0.2) is 70.9 Å². The van der Waals surface area contributed by atoms with Gasteiger partial charge in [0.05, 0.1) is 23.5 Å². The number of rotatable bonds is 9. The third kappa shape index (κ3) is 6.71. The Bertz CT molecular complexity index is 1260. The van der Waals surface area contributed by atoms with Crippen LogP contribution in [0.2, 0.25) is 0 Å². The van der Waals surface area contributed by atoms with Crippen LogP contribution in [-0.2, 0) is 34.1 Å². The van der Waals surface area contributed by atoms with Gasteiger partial charge in [0.1, 0.15) is 0 Å². The Hall–Kier alpha value is -2.69. The third-order valence-electron chi connectivity index (χ3n) is 5.51. The van der Waals surface area contributed by atoms with Crippen molar-refractivity contribution in [3.8, 4) is 0 Å². The summed E-state index contributed by atoms with van der Waals surface area (Å²) in [4.78, 5) is 15.5. The van der Waals surface area contributed by atoms with Gasteiger partial charge in [0.2, 0.25) is 15.9 Å². The second-order valence-electron chi connectivity index (χ2n) is 8.43. The first-order chi connectivity index (χ1) is 16.4. The summed E-state index contributed by atoms with van der Waals surface area (Å²) in [5, 5.41) is 1.92. The van der Waals surface area contributed by atoms with Crippen LogP contribution in [-0.4, -0.2) is 36.1 Å². The second kappa shape index (κ2) is 10.9. The Labute approximate surface area is 207 Å². The van der Waals surface area contributed by atoms with Crippen LogP contribution in [0.3, 0.4) is 0 Å². The molecule has 0 fully saturated rings. The van der Waals surface area contributed by atoms with E-state index in [9.17, 15) is 26.4 Å². The maximum atomic E-state index is 13.4. The molecule has 0 atom stereocenters. The Morgan fingerprint density at radius 3 is 2.26 bits per heavy atom. The van der Waals surface area contributed by atoms with Crippen LogP contribution in [0.25, 0.3) is 0 Å². The Morgan fingerprint density at radius 2 is 1.69 bits per heavy atom. The molecule has 0 spiro atoms. The van der Waals surface area contributed by atoms with Gasteiger partial charge in [0, 0.05) is 17.5 Å². The van der Waals surface area contributed by atoms with Gasteiger partial charge in [0.25, 0.3) is 0 Å². The van der Waals surface area contributed by atoms with E-state index in [-0.39, 0.29) is 6.54 Å². The van der Waals surface area contributed by atoms with E-state index < -0.39 is 45.2 Å². The third-order valence-corrected chi connectivity index (χ3v) is 8.53. The molecular weight excluding hydrogens is 497 g/mol. The SMILES string of the molecule is Cc1ccsc1CN(Cc1ccccc1)C(=O)CN(C(C)C)S(=O)(=O)c1cccc(C(F)(F)F)c1. The Morgan fingerprint density at radius 1 is 1.00 bits per heavy atom. The van der Waals surface area contributed by atoms with E-state index in [4.69, 9.17) is 0 Å². The van der Waals surface area contributed by atoms with Crippen LogP contribution in [0.5, 0.6) is 0 Å². The zero-order valence-corrected chi connectivity index (χ0v) is 21.3. The molecule has 3 aromatic rings. The second-order valence-corrected chi connectivity index (χ2v) is 11.3. The summed E-state index contributed by atoms with van der Waals surface area (Å²) in [6, 6.07) is 14.2. The monoisotopic (exact) mass is 524 g/mol. The lowest BCUT2D eigenvalue weighted by molar-refractivity contribution is -0.137. The number of hydrogen-bond acceptors (Lipinski definition) is 4. The smallest absolute Gasteiger partial charge is 0.332 e. The standard InChI is InChI=1S/C25H27F3N2O3S2/c1-18(2)30(35(32,33)22-11-7-10-21(14-22)25(26,27)28)17-24(31)29(15-20-8-5-4-6-9-20)16-23-19(3)12-13-34-23/h4-14,18H,15-17H2,1-3H3. The highest BCUT2D eigenvalue weighted by Gasteiger charge is 2.35. The molecule has 2 aromatic carbocycles. The molecule has 35 heavy (non-hydrogen) atoms. The number of carbonyl (C=O) groups is 1. The molecule has 0 aliphatic heterocycles. The molecule has 5 nitrogen and oxygen atoms in total. The number of benzene rings is 2. The number of halogens is 3. The Kier molecular flexibility index (Phi) is 8.40. The first kappa shape index (κ1) is 26.9. The molecule has 1 aromatic heterocycles. The maximum absolute atomic E-state index is 13.4. The highest BCUT2D eigenvalue weighted by Crippen LogP contribution is 2.31. The van der Waals surface area contributed by atoms with Crippen molar-refractivity contribution < 1.29 is 26.4 Å². The molecule has 188 valence electrons. The number of hydrogen-bond donors (Lipinski definition) is 0. The van der Waals surface area contributed by atoms with E-state index in [2.05, 4.69) is 0 Å². The van der Waals surface area contributed by atoms with Crippen molar-refractivity contribution in [3.63, 3.8) is 0 Å². The lowest BCUT2D eigenvalue weighted by Crippen LogP contribution is -2.45. The molecule has 0 bridgehead atoms. The van der Waals surface area contributed by atoms with Crippen molar-refractivity contribution in [1.29, 1.82) is 0 Å². The highest BCUT2D eigenvalue weighted by atomic mass is 32.2. The molecule has 0 N–H and O–H groups in total. The zero-order chi connectivity index (χ0) is 25.8. The topological polar surface area (TPSA) is 57.7 Å². The molecular formula is C25H27F3N2O3S2. The molecule has 0 unspecified atom stereocenters. The van der Waals surface area contributed by atoms with E-state index in [0.717, 1.165) is 38.5 Å². The van der Waals surface area contributed by atoms with Gasteiger partial charge in [-0.2, -0.15) is 17.5 Å². The van der Waals surface area contributed by atoms with Gasteiger partial charge >= 0.3 is 6.18 Å². The van der Waals surface area contributed by atoms with Crippen LogP contribution in [0.4, 0.5) is 13.2 Å². The molecule has 0 saturated carbocycles. The number of sulfonamides is 1. The van der Waals surface area contributed by atoms with Gasteiger partial charge in [-0.3, -0.25) is 4.79 Å². The van der Waals surface area contributed by atoms with E-state index in [1.807, 2.05) is 48.7 Å². The van der Waals surface area contributed by atoms with Crippen LogP contribution < -0.4 is 0 Å². The van der Waals surface area contributed by atoms with Crippen LogP contribution in [0.1, 0.15) is 35.4 Å². The summed E-state index contributed by atoms with van der Waals surface area (Å²) in [5.74, 6) is -0.439. The fourth-order valence-electron chi connectivity index (χ4n) is 3.52. The summed E-state index contributed by atoms with van der Waals surface area (Å²) in [7, 11) is -4.37. The van der Waals surface area contributed by atoms with Crippen molar-refractivity contribution in [2.75, 3.05) is 6.54 Å². The van der Waals surface area contributed by atoms with E-state index in [0.29, 0.717) is 12.6 Å². The number of thiophene rings is 1. The summed E-state index contributed by atoms with van der Waals surface area (Å²) < 4.78 is 67.2. The first-order valence-electron chi connectivity index (χ1n) is 10.9. The molecule has 0 aliphatic carbocycles. The number of aryl methyl sites for hydroxylation is 1. The van der Waals surface area contributed by atoms with Gasteiger partial charge in [-0.25, -0.2) is 8.42 Å². The molecule has 0 saturated heterocycles. The molecule has 3 rings (SSSR count). The van der Waals surface area contributed by atoms with Gasteiger partial charge in [-0.1, -0.05) is 36.4 Å². The minimum absolute atomic E-state index is 0.270. The largest absolute Gasteiger partial charge is 0.416 e. The van der Waals surface area contributed by atoms with Crippen molar-refractivity contribution in [1.82, 2.24) is 9.21 Å². The van der Waals surface area contributed by atoms with Crippen LogP contribution >= 0.6 is 11.3 Å². The van der Waals surface area contributed by atoms with E-state index in [1.165, 1.54) is 11.3 Å². The average molecular weight is 525 g/mol. The summed E-state index contributed by atoms with van der Waals surface area (Å²) in [6.07, 6.45) is -4.69. The summed E-state index contributed by atoms with van der Waals surface area (Å²) in [6.45, 7) is 5.19. The van der Waals surface area contributed by atoms with E-state index >= 15 is 0 Å². The van der Waals surface area contributed by atoms with Crippen molar-refractivity contribution in [3.05, 3.63) is 87.6 Å².